The number of methoxy groups -OCH3 is 1. The first-order valence-corrected chi connectivity index (χ1v) is 6.35. The van der Waals surface area contributed by atoms with Crippen LogP contribution in [0, 0.1) is 0 Å². The topological polar surface area (TPSA) is 55.6 Å². The number of nitrogens with zero attached hydrogens (tertiary/aromatic N) is 1. The highest BCUT2D eigenvalue weighted by Crippen LogP contribution is 2.15. The van der Waals surface area contributed by atoms with E-state index < -0.39 is 0 Å². The predicted molar refractivity (Wildman–Crippen MR) is 70.5 cm³/mol. The largest absolute Gasteiger partial charge is 0.497 e. The van der Waals surface area contributed by atoms with Crippen LogP contribution in [0.3, 0.4) is 0 Å². The van der Waals surface area contributed by atoms with Crippen LogP contribution in [0.15, 0.2) is 24.3 Å². The third-order valence-electron chi connectivity index (χ3n) is 3.38. The highest BCUT2D eigenvalue weighted by Gasteiger charge is 2.20. The van der Waals surface area contributed by atoms with Gasteiger partial charge in [-0.25, -0.2) is 0 Å². The van der Waals surface area contributed by atoms with Gasteiger partial charge in [-0.2, -0.15) is 0 Å². The number of benzene rings is 1. The summed E-state index contributed by atoms with van der Waals surface area (Å²) < 4.78 is 5.15. The lowest BCUT2D eigenvalue weighted by Gasteiger charge is -2.30. The molecule has 1 aliphatic heterocycles. The lowest BCUT2D eigenvalue weighted by molar-refractivity contribution is -0.131. The average molecular weight is 248 g/mol. The Balaban J connectivity index is 1.94. The summed E-state index contributed by atoms with van der Waals surface area (Å²) in [5.74, 6) is 0.969. The number of hydrogen-bond acceptors (Lipinski definition) is 3. The van der Waals surface area contributed by atoms with Crippen molar-refractivity contribution >= 4 is 5.91 Å². The molecule has 4 heteroatoms. The number of rotatable bonds is 3. The number of piperidine rings is 1. The monoisotopic (exact) mass is 248 g/mol. The zero-order valence-corrected chi connectivity index (χ0v) is 10.8. The smallest absolute Gasteiger partial charge is 0.226 e. The third kappa shape index (κ3) is 3.23. The van der Waals surface area contributed by atoms with Gasteiger partial charge in [0.05, 0.1) is 13.5 Å². The summed E-state index contributed by atoms with van der Waals surface area (Å²) in [6.07, 6.45) is 2.25. The number of amides is 1. The molecule has 1 amide bonds. The van der Waals surface area contributed by atoms with Gasteiger partial charge in [0, 0.05) is 19.1 Å². The Morgan fingerprint density at radius 3 is 2.83 bits per heavy atom. The molecular weight excluding hydrogens is 228 g/mol. The molecule has 1 fully saturated rings. The van der Waals surface area contributed by atoms with Crippen molar-refractivity contribution < 1.29 is 9.53 Å². The van der Waals surface area contributed by atoms with Gasteiger partial charge >= 0.3 is 0 Å². The van der Waals surface area contributed by atoms with Gasteiger partial charge in [-0.3, -0.25) is 4.79 Å². The Kier molecular flexibility index (Phi) is 4.20. The van der Waals surface area contributed by atoms with E-state index >= 15 is 0 Å². The lowest BCUT2D eigenvalue weighted by Crippen LogP contribution is -2.43. The fourth-order valence-corrected chi connectivity index (χ4v) is 2.22. The standard InChI is InChI=1S/C14H20N2O2/c1-18-13-4-2-3-11(9-13)10-14(17)16-7-5-12(15)6-8-16/h2-4,9,12H,5-8,10,15H2,1H3. The molecule has 18 heavy (non-hydrogen) atoms. The van der Waals surface area contributed by atoms with Gasteiger partial charge in [-0.05, 0) is 30.5 Å². The Bertz CT molecular complexity index is 412. The molecule has 2 N–H and O–H groups in total. The second-order valence-corrected chi connectivity index (χ2v) is 4.75. The first-order chi connectivity index (χ1) is 8.69. The number of hydrogen-bond donors (Lipinski definition) is 1. The maximum Gasteiger partial charge on any atom is 0.226 e. The van der Waals surface area contributed by atoms with Gasteiger partial charge in [-0.15, -0.1) is 0 Å². The van der Waals surface area contributed by atoms with Crippen molar-refractivity contribution in [1.29, 1.82) is 0 Å². The van der Waals surface area contributed by atoms with Crippen LogP contribution in [0.2, 0.25) is 0 Å². The van der Waals surface area contributed by atoms with Crippen LogP contribution in [0.4, 0.5) is 0 Å². The predicted octanol–water partition coefficient (Wildman–Crippen LogP) is 1.19. The molecule has 0 unspecified atom stereocenters. The van der Waals surface area contributed by atoms with Crippen molar-refractivity contribution in [2.24, 2.45) is 5.73 Å². The van der Waals surface area contributed by atoms with E-state index in [4.69, 9.17) is 10.5 Å². The Morgan fingerprint density at radius 2 is 2.17 bits per heavy atom. The molecule has 4 nitrogen and oxygen atoms in total. The molecule has 2 rings (SSSR count). The van der Waals surface area contributed by atoms with E-state index in [1.165, 1.54) is 0 Å². The third-order valence-corrected chi connectivity index (χ3v) is 3.38. The Morgan fingerprint density at radius 1 is 1.44 bits per heavy atom. The van der Waals surface area contributed by atoms with E-state index in [2.05, 4.69) is 0 Å². The van der Waals surface area contributed by atoms with Crippen molar-refractivity contribution in [3.05, 3.63) is 29.8 Å². The van der Waals surface area contributed by atoms with E-state index in [0.29, 0.717) is 6.42 Å². The minimum absolute atomic E-state index is 0.176. The summed E-state index contributed by atoms with van der Waals surface area (Å²) in [5, 5.41) is 0. The van der Waals surface area contributed by atoms with E-state index in [1.54, 1.807) is 7.11 Å². The van der Waals surface area contributed by atoms with Crippen LogP contribution in [0.25, 0.3) is 0 Å². The van der Waals surface area contributed by atoms with Crippen LogP contribution in [0.5, 0.6) is 5.75 Å². The first kappa shape index (κ1) is 12.9. The van der Waals surface area contributed by atoms with Gasteiger partial charge < -0.3 is 15.4 Å². The van der Waals surface area contributed by atoms with E-state index in [-0.39, 0.29) is 11.9 Å². The first-order valence-electron chi connectivity index (χ1n) is 6.35. The van der Waals surface area contributed by atoms with Crippen molar-refractivity contribution in [2.75, 3.05) is 20.2 Å². The highest BCUT2D eigenvalue weighted by atomic mass is 16.5. The van der Waals surface area contributed by atoms with Crippen LogP contribution in [-0.2, 0) is 11.2 Å². The summed E-state index contributed by atoms with van der Waals surface area (Å²) in [6.45, 7) is 1.56. The molecule has 1 aromatic carbocycles. The maximum absolute atomic E-state index is 12.1. The van der Waals surface area contributed by atoms with Crippen molar-refractivity contribution in [2.45, 2.75) is 25.3 Å². The summed E-state index contributed by atoms with van der Waals surface area (Å²) in [7, 11) is 1.63. The van der Waals surface area contributed by atoms with Crippen LogP contribution < -0.4 is 10.5 Å². The van der Waals surface area contributed by atoms with Crippen molar-refractivity contribution in [3.63, 3.8) is 0 Å². The van der Waals surface area contributed by atoms with Gasteiger partial charge in [0.25, 0.3) is 0 Å². The molecule has 1 saturated heterocycles. The molecule has 1 heterocycles. The van der Waals surface area contributed by atoms with E-state index in [0.717, 1.165) is 37.2 Å². The zero-order chi connectivity index (χ0) is 13.0. The molecule has 0 spiro atoms. The van der Waals surface area contributed by atoms with Gasteiger partial charge in [0.1, 0.15) is 5.75 Å². The number of ether oxygens (including phenoxy) is 1. The summed E-state index contributed by atoms with van der Waals surface area (Å²) in [6, 6.07) is 7.91. The van der Waals surface area contributed by atoms with E-state index in [1.807, 2.05) is 29.2 Å². The van der Waals surface area contributed by atoms with Crippen LogP contribution >= 0.6 is 0 Å². The Hall–Kier alpha value is -1.55. The molecule has 0 aliphatic carbocycles. The minimum atomic E-state index is 0.176. The van der Waals surface area contributed by atoms with Gasteiger partial charge in [0.2, 0.25) is 5.91 Å². The summed E-state index contributed by atoms with van der Waals surface area (Å²) >= 11 is 0. The fraction of sp³-hybridized carbons (Fsp3) is 0.500. The summed E-state index contributed by atoms with van der Waals surface area (Å²) in [4.78, 5) is 14.0. The van der Waals surface area contributed by atoms with Gasteiger partial charge in [-0.1, -0.05) is 12.1 Å². The second kappa shape index (κ2) is 5.87. The molecule has 1 aliphatic rings. The molecule has 0 bridgehead atoms. The summed E-state index contributed by atoms with van der Waals surface area (Å²) in [5.41, 5.74) is 6.83. The minimum Gasteiger partial charge on any atom is -0.497 e. The fourth-order valence-electron chi connectivity index (χ4n) is 2.22. The molecule has 0 aromatic heterocycles. The molecule has 0 radical (unpaired) electrons. The molecule has 0 atom stereocenters. The van der Waals surface area contributed by atoms with Crippen molar-refractivity contribution in [3.8, 4) is 5.75 Å². The maximum atomic E-state index is 12.1. The molecule has 0 saturated carbocycles. The quantitative estimate of drug-likeness (QED) is 0.874. The molecular formula is C14H20N2O2. The van der Waals surface area contributed by atoms with Gasteiger partial charge in [0.15, 0.2) is 0 Å². The van der Waals surface area contributed by atoms with Crippen LogP contribution in [0.1, 0.15) is 18.4 Å². The van der Waals surface area contributed by atoms with Crippen molar-refractivity contribution in [1.82, 2.24) is 4.90 Å². The second-order valence-electron chi connectivity index (χ2n) is 4.75. The number of nitrogens with two attached hydrogens (primary N) is 1. The Labute approximate surface area is 108 Å². The zero-order valence-electron chi connectivity index (χ0n) is 10.8. The molecule has 98 valence electrons. The lowest BCUT2D eigenvalue weighted by atomic mass is 10.0. The number of carbonyl (C=O) groups excluding carboxylic acids is 1. The highest BCUT2D eigenvalue weighted by molar-refractivity contribution is 5.79. The molecule has 1 aromatic rings. The number of carbonyl (C=O) groups is 1. The van der Waals surface area contributed by atoms with E-state index in [9.17, 15) is 4.79 Å². The number of likely N-dealkylation sites (tertiary alicyclic amines) is 1. The SMILES string of the molecule is COc1cccc(CC(=O)N2CCC(N)CC2)c1. The van der Waals surface area contributed by atoms with Crippen LogP contribution in [-0.4, -0.2) is 37.0 Å². The average Bonchev–Trinajstić information content (AvgIpc) is 2.39. The normalized spacial score (nSPS) is 16.7.